The maximum absolute atomic E-state index is 10.8. The van der Waals surface area contributed by atoms with E-state index in [1.807, 2.05) is 0 Å². The molecule has 3 nitrogen and oxygen atoms in total. The van der Waals surface area contributed by atoms with E-state index >= 15 is 0 Å². The Kier molecular flexibility index (Phi) is 4.22. The van der Waals surface area contributed by atoms with E-state index in [4.69, 9.17) is 11.6 Å². The van der Waals surface area contributed by atoms with Gasteiger partial charge < -0.3 is 0 Å². The molecule has 1 rings (SSSR count). The van der Waals surface area contributed by atoms with Crippen LogP contribution in [0.3, 0.4) is 0 Å². The monoisotopic (exact) mass is 251 g/mol. The molecule has 0 aliphatic heterocycles. The lowest BCUT2D eigenvalue weighted by molar-refractivity contribution is 0.603. The minimum atomic E-state index is -2.88. The number of halogens is 1. The molecule has 6 heteroatoms. The van der Waals surface area contributed by atoms with Crippen LogP contribution in [0, 0.1) is 0 Å². The maximum atomic E-state index is 10.8. The van der Waals surface area contributed by atoms with Gasteiger partial charge >= 0.3 is 0 Å². The summed E-state index contributed by atoms with van der Waals surface area (Å²) in [7, 11) is -2.88. The van der Waals surface area contributed by atoms with Gasteiger partial charge in [0.1, 0.15) is 9.84 Å². The summed E-state index contributed by atoms with van der Waals surface area (Å²) in [6.07, 6.45) is 2.77. The molecule has 0 atom stereocenters. The number of pyridine rings is 1. The van der Waals surface area contributed by atoms with Crippen LogP contribution in [0.2, 0.25) is 5.02 Å². The Bertz CT molecular complexity index is 388. The summed E-state index contributed by atoms with van der Waals surface area (Å²) in [5, 5.41) is 1.37. The molecule has 0 unspecified atom stereocenters. The van der Waals surface area contributed by atoms with Gasteiger partial charge in [-0.25, -0.2) is 13.4 Å². The highest BCUT2D eigenvalue weighted by atomic mass is 35.5. The predicted octanol–water partition coefficient (Wildman–Crippen LogP) is 1.87. The Morgan fingerprint density at radius 1 is 1.50 bits per heavy atom. The fraction of sp³-hybridized carbons (Fsp3) is 0.375. The van der Waals surface area contributed by atoms with Crippen molar-refractivity contribution in [3.05, 3.63) is 23.4 Å². The normalized spacial score (nSPS) is 11.6. The molecule has 0 amide bonds. The highest BCUT2D eigenvalue weighted by molar-refractivity contribution is 8.00. The molecule has 0 fully saturated rings. The maximum Gasteiger partial charge on any atom is 0.148 e. The van der Waals surface area contributed by atoms with Crippen molar-refractivity contribution in [2.75, 3.05) is 17.8 Å². The van der Waals surface area contributed by atoms with E-state index in [2.05, 4.69) is 4.98 Å². The van der Waals surface area contributed by atoms with Crippen LogP contribution in [-0.2, 0) is 9.84 Å². The first-order valence-electron chi connectivity index (χ1n) is 3.89. The summed E-state index contributed by atoms with van der Waals surface area (Å²) in [5.41, 5.74) is 0. The molecule has 0 bridgehead atoms. The van der Waals surface area contributed by atoms with Gasteiger partial charge in [0, 0.05) is 18.2 Å². The van der Waals surface area contributed by atoms with Gasteiger partial charge in [0.15, 0.2) is 0 Å². The zero-order valence-corrected chi connectivity index (χ0v) is 9.99. The smallest absolute Gasteiger partial charge is 0.148 e. The van der Waals surface area contributed by atoms with Crippen LogP contribution in [0.15, 0.2) is 23.4 Å². The minimum absolute atomic E-state index is 0.169. The van der Waals surface area contributed by atoms with Crippen LogP contribution in [0.5, 0.6) is 0 Å². The second kappa shape index (κ2) is 5.00. The van der Waals surface area contributed by atoms with Crippen molar-refractivity contribution in [2.45, 2.75) is 5.03 Å². The minimum Gasteiger partial charge on any atom is -0.248 e. The Morgan fingerprint density at radius 2 is 2.21 bits per heavy atom. The van der Waals surface area contributed by atoms with Crippen LogP contribution < -0.4 is 0 Å². The van der Waals surface area contributed by atoms with Crippen LogP contribution in [0.1, 0.15) is 0 Å². The standard InChI is InChI=1S/C8H10ClNO2S2/c1-14(11,12)5-4-13-8-3-2-7(9)6-10-8/h2-3,6H,4-5H2,1H3. The van der Waals surface area contributed by atoms with Crippen molar-refractivity contribution in [1.29, 1.82) is 0 Å². The summed E-state index contributed by atoms with van der Waals surface area (Å²) in [6.45, 7) is 0. The van der Waals surface area contributed by atoms with E-state index < -0.39 is 9.84 Å². The van der Waals surface area contributed by atoms with Gasteiger partial charge in [0.25, 0.3) is 0 Å². The Labute approximate surface area is 92.8 Å². The first kappa shape index (κ1) is 11.8. The Morgan fingerprint density at radius 3 is 2.71 bits per heavy atom. The molecule has 0 N–H and O–H groups in total. The van der Waals surface area contributed by atoms with Gasteiger partial charge in [-0.1, -0.05) is 11.6 Å². The third kappa shape index (κ3) is 4.83. The molecule has 0 radical (unpaired) electrons. The molecule has 0 aromatic carbocycles. The van der Waals surface area contributed by atoms with Crippen molar-refractivity contribution >= 4 is 33.2 Å². The lowest BCUT2D eigenvalue weighted by atomic mass is 10.5. The van der Waals surface area contributed by atoms with Crippen molar-refractivity contribution in [2.24, 2.45) is 0 Å². The molecule has 0 saturated carbocycles. The van der Waals surface area contributed by atoms with Crippen LogP contribution in [-0.4, -0.2) is 31.2 Å². The van der Waals surface area contributed by atoms with Gasteiger partial charge in [-0.15, -0.1) is 11.8 Å². The SMILES string of the molecule is CS(=O)(=O)CCSc1ccc(Cl)cn1. The van der Waals surface area contributed by atoms with Crippen molar-refractivity contribution in [3.63, 3.8) is 0 Å². The summed E-state index contributed by atoms with van der Waals surface area (Å²) < 4.78 is 21.6. The van der Waals surface area contributed by atoms with Gasteiger partial charge in [-0.2, -0.15) is 0 Å². The van der Waals surface area contributed by atoms with Crippen LogP contribution in [0.4, 0.5) is 0 Å². The zero-order valence-electron chi connectivity index (χ0n) is 7.60. The van der Waals surface area contributed by atoms with Gasteiger partial charge in [-0.3, -0.25) is 0 Å². The summed E-state index contributed by atoms with van der Waals surface area (Å²) in [5.74, 6) is 0.690. The van der Waals surface area contributed by atoms with Gasteiger partial charge in [0.2, 0.25) is 0 Å². The van der Waals surface area contributed by atoms with E-state index in [0.717, 1.165) is 5.03 Å². The van der Waals surface area contributed by atoms with Crippen molar-refractivity contribution in [1.82, 2.24) is 4.98 Å². The van der Waals surface area contributed by atoms with Gasteiger partial charge in [-0.05, 0) is 12.1 Å². The van der Waals surface area contributed by atoms with Crippen molar-refractivity contribution < 1.29 is 8.42 Å². The number of aromatic nitrogens is 1. The van der Waals surface area contributed by atoms with Crippen LogP contribution >= 0.6 is 23.4 Å². The average Bonchev–Trinajstić information content (AvgIpc) is 2.06. The van der Waals surface area contributed by atoms with Crippen molar-refractivity contribution in [3.8, 4) is 0 Å². The fourth-order valence-electron chi connectivity index (χ4n) is 0.745. The predicted molar refractivity (Wildman–Crippen MR) is 59.7 cm³/mol. The molecule has 78 valence electrons. The number of nitrogens with zero attached hydrogens (tertiary/aromatic N) is 1. The van der Waals surface area contributed by atoms with E-state index in [-0.39, 0.29) is 5.75 Å². The average molecular weight is 252 g/mol. The number of sulfone groups is 1. The molecular weight excluding hydrogens is 242 g/mol. The molecule has 1 heterocycles. The lowest BCUT2D eigenvalue weighted by Gasteiger charge is -1.99. The topological polar surface area (TPSA) is 47.0 Å². The van der Waals surface area contributed by atoms with E-state index in [1.165, 1.54) is 18.0 Å². The quantitative estimate of drug-likeness (QED) is 0.767. The summed E-state index contributed by atoms with van der Waals surface area (Å²) in [6, 6.07) is 3.51. The largest absolute Gasteiger partial charge is 0.248 e. The molecule has 0 aliphatic carbocycles. The second-order valence-corrected chi connectivity index (χ2v) is 6.60. The second-order valence-electron chi connectivity index (χ2n) is 2.79. The Balaban J connectivity index is 2.43. The highest BCUT2D eigenvalue weighted by Gasteiger charge is 2.02. The number of hydrogen-bond donors (Lipinski definition) is 0. The lowest BCUT2D eigenvalue weighted by Crippen LogP contribution is -2.04. The zero-order chi connectivity index (χ0) is 10.6. The fourth-order valence-corrected chi connectivity index (χ4v) is 2.90. The number of thioether (sulfide) groups is 1. The van der Waals surface area contributed by atoms with E-state index in [9.17, 15) is 8.42 Å². The molecular formula is C8H10ClNO2S2. The third-order valence-electron chi connectivity index (χ3n) is 1.40. The first-order valence-corrected chi connectivity index (χ1v) is 7.32. The number of hydrogen-bond acceptors (Lipinski definition) is 4. The summed E-state index contributed by atoms with van der Waals surface area (Å²) >= 11 is 7.06. The molecule has 0 spiro atoms. The van der Waals surface area contributed by atoms with E-state index in [0.29, 0.717) is 10.8 Å². The summed E-state index contributed by atoms with van der Waals surface area (Å²) in [4.78, 5) is 4.03. The third-order valence-corrected chi connectivity index (χ3v) is 3.78. The van der Waals surface area contributed by atoms with E-state index in [1.54, 1.807) is 18.3 Å². The Hall–Kier alpha value is -0.260. The molecule has 14 heavy (non-hydrogen) atoms. The molecule has 1 aromatic heterocycles. The van der Waals surface area contributed by atoms with Crippen LogP contribution in [0.25, 0.3) is 0 Å². The molecule has 0 saturated heterocycles. The first-order chi connectivity index (χ1) is 6.47. The number of rotatable bonds is 4. The van der Waals surface area contributed by atoms with Gasteiger partial charge in [0.05, 0.1) is 15.8 Å². The highest BCUT2D eigenvalue weighted by Crippen LogP contribution is 2.16. The molecule has 0 aliphatic rings. The molecule has 1 aromatic rings.